The topological polar surface area (TPSA) is 68.3 Å². The van der Waals surface area contributed by atoms with Crippen LogP contribution in [0.25, 0.3) is 11.3 Å². The van der Waals surface area contributed by atoms with E-state index in [-0.39, 0.29) is 24.0 Å². The van der Waals surface area contributed by atoms with E-state index in [1.165, 1.54) is 5.56 Å². The van der Waals surface area contributed by atoms with Gasteiger partial charge in [-0.2, -0.15) is 0 Å². The molecular weight excluding hydrogens is 511 g/mol. The first-order valence-electron chi connectivity index (χ1n) is 11.2. The molecule has 1 aliphatic rings. The Morgan fingerprint density at radius 2 is 1.75 bits per heavy atom. The second-order valence-corrected chi connectivity index (χ2v) is 7.99. The number of nitrogens with one attached hydrogen (secondary N) is 3. The number of aromatic nitrogens is 2. The summed E-state index contributed by atoms with van der Waals surface area (Å²) in [6.45, 7) is 6.69. The third-order valence-corrected chi connectivity index (χ3v) is 5.62. The first kappa shape index (κ1) is 24.3. The summed E-state index contributed by atoms with van der Waals surface area (Å²) in [4.78, 5) is 15.2. The second kappa shape index (κ2) is 12.6. The van der Waals surface area contributed by atoms with Crippen molar-refractivity contribution in [2.24, 2.45) is 4.99 Å². The van der Waals surface area contributed by atoms with Crippen molar-refractivity contribution in [2.45, 2.75) is 38.9 Å². The van der Waals surface area contributed by atoms with Crippen LogP contribution in [0.15, 0.2) is 71.9 Å². The summed E-state index contributed by atoms with van der Waals surface area (Å²) in [6.07, 6.45) is 4.12. The molecule has 6 nitrogen and oxygen atoms in total. The van der Waals surface area contributed by atoms with E-state index >= 15 is 0 Å². The zero-order valence-corrected chi connectivity index (χ0v) is 21.0. The maximum atomic E-state index is 4.76. The first-order chi connectivity index (χ1) is 15.3. The molecule has 4 rings (SSSR count). The fourth-order valence-corrected chi connectivity index (χ4v) is 3.95. The number of halogens is 1. The lowest BCUT2D eigenvalue weighted by atomic mass is 10.0. The molecule has 0 aliphatic carbocycles. The number of hydrogen-bond donors (Lipinski definition) is 3. The van der Waals surface area contributed by atoms with E-state index in [2.05, 4.69) is 74.9 Å². The summed E-state index contributed by atoms with van der Waals surface area (Å²) in [6, 6.07) is 21.4. The van der Waals surface area contributed by atoms with Crippen molar-refractivity contribution >= 4 is 29.9 Å². The number of piperidine rings is 1. The van der Waals surface area contributed by atoms with Crippen molar-refractivity contribution in [1.82, 2.24) is 25.5 Å². The number of hydrogen-bond acceptors (Lipinski definition) is 3. The van der Waals surface area contributed by atoms with Crippen molar-refractivity contribution in [1.29, 1.82) is 0 Å². The van der Waals surface area contributed by atoms with Crippen LogP contribution in [0.4, 0.5) is 0 Å². The number of imidazole rings is 1. The summed E-state index contributed by atoms with van der Waals surface area (Å²) in [7, 11) is 0. The number of guanidine groups is 1. The van der Waals surface area contributed by atoms with E-state index in [1.807, 2.05) is 24.4 Å². The number of likely N-dealkylation sites (tertiary alicyclic amines) is 1. The highest BCUT2D eigenvalue weighted by Gasteiger charge is 2.20. The second-order valence-electron chi connectivity index (χ2n) is 7.99. The van der Waals surface area contributed by atoms with Crippen LogP contribution in [-0.4, -0.2) is 46.5 Å². The average Bonchev–Trinajstić information content (AvgIpc) is 3.29. The van der Waals surface area contributed by atoms with Gasteiger partial charge >= 0.3 is 0 Å². The number of benzene rings is 2. The van der Waals surface area contributed by atoms with Gasteiger partial charge in [0.25, 0.3) is 0 Å². The van der Waals surface area contributed by atoms with E-state index in [9.17, 15) is 0 Å². The molecule has 1 aliphatic heterocycles. The Morgan fingerprint density at radius 3 is 2.44 bits per heavy atom. The van der Waals surface area contributed by atoms with Gasteiger partial charge < -0.3 is 15.6 Å². The molecule has 3 N–H and O–H groups in total. The molecular formula is C25H33IN6. The number of rotatable bonds is 7. The Labute approximate surface area is 208 Å². The van der Waals surface area contributed by atoms with Gasteiger partial charge in [0.05, 0.1) is 11.9 Å². The molecule has 0 spiro atoms. The highest BCUT2D eigenvalue weighted by atomic mass is 127. The molecule has 7 heteroatoms. The zero-order valence-electron chi connectivity index (χ0n) is 18.6. The fourth-order valence-electron chi connectivity index (χ4n) is 3.95. The molecule has 0 atom stereocenters. The quantitative estimate of drug-likeness (QED) is 0.234. The summed E-state index contributed by atoms with van der Waals surface area (Å²) >= 11 is 0. The number of aliphatic imine (C=N–C) groups is 1. The van der Waals surface area contributed by atoms with Gasteiger partial charge in [-0.15, -0.1) is 24.0 Å². The van der Waals surface area contributed by atoms with E-state index in [4.69, 9.17) is 4.99 Å². The molecule has 0 unspecified atom stereocenters. The van der Waals surface area contributed by atoms with Gasteiger partial charge in [0.15, 0.2) is 5.96 Å². The molecule has 2 heterocycles. The Bertz CT molecular complexity index is 949. The van der Waals surface area contributed by atoms with Crippen LogP contribution in [0.2, 0.25) is 0 Å². The zero-order chi connectivity index (χ0) is 21.3. The van der Waals surface area contributed by atoms with Crippen LogP contribution in [-0.2, 0) is 13.1 Å². The van der Waals surface area contributed by atoms with Gasteiger partial charge in [-0.25, -0.2) is 9.98 Å². The molecule has 1 aromatic heterocycles. The molecule has 1 fully saturated rings. The van der Waals surface area contributed by atoms with E-state index in [0.717, 1.165) is 62.1 Å². The van der Waals surface area contributed by atoms with Gasteiger partial charge in [-0.1, -0.05) is 60.7 Å². The summed E-state index contributed by atoms with van der Waals surface area (Å²) in [5, 5.41) is 6.99. The molecule has 1 saturated heterocycles. The smallest absolute Gasteiger partial charge is 0.191 e. The van der Waals surface area contributed by atoms with Crippen LogP contribution in [0.3, 0.4) is 0 Å². The SMILES string of the molecule is CCNC(=NCc1ncc(-c2ccccc2)[nH]1)NC1CCN(Cc2ccccc2)CC1.I. The van der Waals surface area contributed by atoms with Crippen molar-refractivity contribution < 1.29 is 0 Å². The normalized spacial score (nSPS) is 15.2. The van der Waals surface area contributed by atoms with Crippen LogP contribution in [0.5, 0.6) is 0 Å². The lowest BCUT2D eigenvalue weighted by Crippen LogP contribution is -2.48. The Kier molecular flexibility index (Phi) is 9.55. The van der Waals surface area contributed by atoms with Crippen molar-refractivity contribution in [2.75, 3.05) is 19.6 Å². The largest absolute Gasteiger partial charge is 0.357 e. The minimum absolute atomic E-state index is 0. The van der Waals surface area contributed by atoms with Gasteiger partial charge in [-0.05, 0) is 30.9 Å². The van der Waals surface area contributed by atoms with Crippen LogP contribution < -0.4 is 10.6 Å². The van der Waals surface area contributed by atoms with Crippen LogP contribution in [0.1, 0.15) is 31.2 Å². The lowest BCUT2D eigenvalue weighted by Gasteiger charge is -2.33. The van der Waals surface area contributed by atoms with Crippen molar-refractivity contribution in [3.8, 4) is 11.3 Å². The number of nitrogens with zero attached hydrogens (tertiary/aromatic N) is 3. The van der Waals surface area contributed by atoms with E-state index < -0.39 is 0 Å². The standard InChI is InChI=1S/C25H32N6.HI/c1-2-26-25(28-18-24-27-17-23(30-24)21-11-7-4-8-12-21)29-22-13-15-31(16-14-22)19-20-9-5-3-6-10-20;/h3-12,17,22H,2,13-16,18-19H2,1H3,(H,27,30)(H2,26,28,29);1H. The molecule has 0 radical (unpaired) electrons. The van der Waals surface area contributed by atoms with Gasteiger partial charge in [0.1, 0.15) is 12.4 Å². The summed E-state index contributed by atoms with van der Waals surface area (Å²) < 4.78 is 0. The molecule has 170 valence electrons. The monoisotopic (exact) mass is 544 g/mol. The summed E-state index contributed by atoms with van der Waals surface area (Å²) in [5.41, 5.74) is 3.55. The van der Waals surface area contributed by atoms with Crippen LogP contribution in [0, 0.1) is 0 Å². The van der Waals surface area contributed by atoms with Gasteiger partial charge in [-0.3, -0.25) is 4.90 Å². The minimum Gasteiger partial charge on any atom is -0.357 e. The lowest BCUT2D eigenvalue weighted by molar-refractivity contribution is 0.198. The highest BCUT2D eigenvalue weighted by Crippen LogP contribution is 2.16. The average molecular weight is 544 g/mol. The Morgan fingerprint density at radius 1 is 1.06 bits per heavy atom. The maximum absolute atomic E-state index is 4.76. The third kappa shape index (κ3) is 7.06. The number of H-pyrrole nitrogens is 1. The molecule has 0 saturated carbocycles. The minimum atomic E-state index is 0. The van der Waals surface area contributed by atoms with E-state index in [1.54, 1.807) is 0 Å². The molecule has 3 aromatic rings. The first-order valence-corrected chi connectivity index (χ1v) is 11.2. The maximum Gasteiger partial charge on any atom is 0.191 e. The molecule has 0 bridgehead atoms. The van der Waals surface area contributed by atoms with Gasteiger partial charge in [0.2, 0.25) is 0 Å². The Hall–Kier alpha value is -2.39. The molecule has 0 amide bonds. The highest BCUT2D eigenvalue weighted by molar-refractivity contribution is 14.0. The Balaban J connectivity index is 0.00000289. The van der Waals surface area contributed by atoms with E-state index in [0.29, 0.717) is 12.6 Å². The molecule has 32 heavy (non-hydrogen) atoms. The third-order valence-electron chi connectivity index (χ3n) is 5.62. The number of aromatic amines is 1. The van der Waals surface area contributed by atoms with Gasteiger partial charge in [0, 0.05) is 32.2 Å². The van der Waals surface area contributed by atoms with Crippen molar-refractivity contribution in [3.05, 3.63) is 78.2 Å². The molecule has 2 aromatic carbocycles. The van der Waals surface area contributed by atoms with Crippen molar-refractivity contribution in [3.63, 3.8) is 0 Å². The van der Waals surface area contributed by atoms with Crippen LogP contribution >= 0.6 is 24.0 Å². The fraction of sp³-hybridized carbons (Fsp3) is 0.360. The summed E-state index contributed by atoms with van der Waals surface area (Å²) in [5.74, 6) is 1.73. The predicted molar refractivity (Wildman–Crippen MR) is 142 cm³/mol. The predicted octanol–water partition coefficient (Wildman–Crippen LogP) is 4.41.